The SMILES string of the molecule is CCC(C)CC(C)NCC(O)COC1CCCCC1CC. The molecule has 0 bridgehead atoms. The van der Waals surface area contributed by atoms with Crippen LogP contribution in [0.5, 0.6) is 0 Å². The van der Waals surface area contributed by atoms with Crippen molar-refractivity contribution in [2.45, 2.75) is 90.9 Å². The zero-order valence-corrected chi connectivity index (χ0v) is 14.6. The van der Waals surface area contributed by atoms with Crippen LogP contribution in [0.4, 0.5) is 0 Å². The summed E-state index contributed by atoms with van der Waals surface area (Å²) in [5, 5.41) is 13.5. The van der Waals surface area contributed by atoms with Crippen LogP contribution in [-0.2, 0) is 4.74 Å². The van der Waals surface area contributed by atoms with Gasteiger partial charge in [-0.05, 0) is 38.0 Å². The van der Waals surface area contributed by atoms with E-state index in [9.17, 15) is 5.11 Å². The minimum Gasteiger partial charge on any atom is -0.389 e. The van der Waals surface area contributed by atoms with Crippen molar-refractivity contribution in [3.63, 3.8) is 0 Å². The lowest BCUT2D eigenvalue weighted by Crippen LogP contribution is -2.38. The zero-order valence-electron chi connectivity index (χ0n) is 14.6. The first-order chi connectivity index (χ1) is 10.1. The third kappa shape index (κ3) is 7.62. The second kappa shape index (κ2) is 10.6. The van der Waals surface area contributed by atoms with Crippen molar-refractivity contribution in [3.05, 3.63) is 0 Å². The van der Waals surface area contributed by atoms with E-state index in [2.05, 4.69) is 33.0 Å². The highest BCUT2D eigenvalue weighted by Gasteiger charge is 2.24. The normalized spacial score (nSPS) is 27.3. The van der Waals surface area contributed by atoms with Crippen molar-refractivity contribution >= 4 is 0 Å². The standard InChI is InChI=1S/C18H37NO2/c1-5-14(3)11-15(4)19-12-17(20)13-21-18-10-8-7-9-16(18)6-2/h14-20H,5-13H2,1-4H3. The molecule has 1 saturated carbocycles. The summed E-state index contributed by atoms with van der Waals surface area (Å²) in [5.74, 6) is 1.44. The third-order valence-electron chi connectivity index (χ3n) is 5.02. The van der Waals surface area contributed by atoms with Gasteiger partial charge in [-0.3, -0.25) is 0 Å². The Hall–Kier alpha value is -0.120. The van der Waals surface area contributed by atoms with Gasteiger partial charge in [0.15, 0.2) is 0 Å². The number of aliphatic hydroxyl groups excluding tert-OH is 1. The number of hydrogen-bond acceptors (Lipinski definition) is 3. The summed E-state index contributed by atoms with van der Waals surface area (Å²) in [7, 11) is 0. The van der Waals surface area contributed by atoms with Crippen LogP contribution < -0.4 is 5.32 Å². The van der Waals surface area contributed by atoms with Crippen molar-refractivity contribution in [3.8, 4) is 0 Å². The maximum atomic E-state index is 10.1. The van der Waals surface area contributed by atoms with E-state index in [1.807, 2.05) is 0 Å². The molecule has 1 aliphatic rings. The van der Waals surface area contributed by atoms with Crippen LogP contribution in [-0.4, -0.2) is 36.5 Å². The lowest BCUT2D eigenvalue weighted by molar-refractivity contribution is -0.0503. The van der Waals surface area contributed by atoms with E-state index in [4.69, 9.17) is 4.74 Å². The first-order valence-corrected chi connectivity index (χ1v) is 9.09. The predicted molar refractivity (Wildman–Crippen MR) is 89.5 cm³/mol. The molecule has 0 aromatic heterocycles. The van der Waals surface area contributed by atoms with E-state index < -0.39 is 0 Å². The van der Waals surface area contributed by atoms with Gasteiger partial charge in [-0.25, -0.2) is 0 Å². The predicted octanol–water partition coefficient (Wildman–Crippen LogP) is 3.75. The average Bonchev–Trinajstić information content (AvgIpc) is 2.50. The molecule has 1 rings (SSSR count). The summed E-state index contributed by atoms with van der Waals surface area (Å²) >= 11 is 0. The quantitative estimate of drug-likeness (QED) is 0.645. The molecule has 0 aliphatic heterocycles. The Morgan fingerprint density at radius 2 is 1.90 bits per heavy atom. The molecule has 5 unspecified atom stereocenters. The van der Waals surface area contributed by atoms with Gasteiger partial charge in [0.2, 0.25) is 0 Å². The molecule has 1 aliphatic carbocycles. The molecule has 0 spiro atoms. The molecule has 0 saturated heterocycles. The van der Waals surface area contributed by atoms with Gasteiger partial charge in [-0.15, -0.1) is 0 Å². The maximum Gasteiger partial charge on any atom is 0.0897 e. The van der Waals surface area contributed by atoms with Gasteiger partial charge in [0, 0.05) is 12.6 Å². The van der Waals surface area contributed by atoms with Gasteiger partial charge in [0.05, 0.1) is 18.8 Å². The van der Waals surface area contributed by atoms with Gasteiger partial charge in [0.25, 0.3) is 0 Å². The highest BCUT2D eigenvalue weighted by atomic mass is 16.5. The van der Waals surface area contributed by atoms with Crippen LogP contribution in [0.25, 0.3) is 0 Å². The highest BCUT2D eigenvalue weighted by Crippen LogP contribution is 2.29. The van der Waals surface area contributed by atoms with E-state index in [1.54, 1.807) is 0 Å². The first-order valence-electron chi connectivity index (χ1n) is 9.09. The van der Waals surface area contributed by atoms with E-state index in [-0.39, 0.29) is 6.10 Å². The second-order valence-electron chi connectivity index (χ2n) is 7.04. The van der Waals surface area contributed by atoms with Gasteiger partial charge in [-0.2, -0.15) is 0 Å². The van der Waals surface area contributed by atoms with E-state index >= 15 is 0 Å². The Morgan fingerprint density at radius 3 is 2.57 bits per heavy atom. The fourth-order valence-electron chi connectivity index (χ4n) is 3.34. The van der Waals surface area contributed by atoms with E-state index in [0.717, 1.165) is 5.92 Å². The second-order valence-corrected chi connectivity index (χ2v) is 7.04. The van der Waals surface area contributed by atoms with Gasteiger partial charge in [0.1, 0.15) is 0 Å². The highest BCUT2D eigenvalue weighted by molar-refractivity contribution is 4.76. The van der Waals surface area contributed by atoms with Crippen molar-refractivity contribution in [2.75, 3.05) is 13.2 Å². The molecule has 1 fully saturated rings. The van der Waals surface area contributed by atoms with Gasteiger partial charge in [-0.1, -0.05) is 46.5 Å². The fourth-order valence-corrected chi connectivity index (χ4v) is 3.34. The Balaban J connectivity index is 2.16. The largest absolute Gasteiger partial charge is 0.389 e. The molecule has 21 heavy (non-hydrogen) atoms. The molecule has 126 valence electrons. The molecular weight excluding hydrogens is 262 g/mol. The smallest absolute Gasteiger partial charge is 0.0897 e. The van der Waals surface area contributed by atoms with Crippen molar-refractivity contribution < 1.29 is 9.84 Å². The third-order valence-corrected chi connectivity index (χ3v) is 5.02. The lowest BCUT2D eigenvalue weighted by atomic mass is 9.85. The number of hydrogen-bond donors (Lipinski definition) is 2. The first kappa shape index (κ1) is 18.9. The Labute approximate surface area is 131 Å². The van der Waals surface area contributed by atoms with Crippen LogP contribution in [0.1, 0.15) is 72.6 Å². The zero-order chi connectivity index (χ0) is 15.7. The van der Waals surface area contributed by atoms with Crippen LogP contribution in [0.3, 0.4) is 0 Å². The summed E-state index contributed by atoms with van der Waals surface area (Å²) in [5.41, 5.74) is 0. The summed E-state index contributed by atoms with van der Waals surface area (Å²) in [6.07, 6.45) is 8.66. The Kier molecular flexibility index (Phi) is 9.54. The molecule has 0 amide bonds. The molecule has 3 nitrogen and oxygen atoms in total. The molecular formula is C18H37NO2. The minimum absolute atomic E-state index is 0.371. The maximum absolute atomic E-state index is 10.1. The number of ether oxygens (including phenoxy) is 1. The topological polar surface area (TPSA) is 41.5 Å². The molecule has 0 radical (unpaired) electrons. The van der Waals surface area contributed by atoms with Crippen molar-refractivity contribution in [1.29, 1.82) is 0 Å². The van der Waals surface area contributed by atoms with Crippen LogP contribution in [0.15, 0.2) is 0 Å². The summed E-state index contributed by atoms with van der Waals surface area (Å²) in [4.78, 5) is 0. The van der Waals surface area contributed by atoms with Gasteiger partial charge < -0.3 is 15.2 Å². The fraction of sp³-hybridized carbons (Fsp3) is 1.00. The van der Waals surface area contributed by atoms with Crippen LogP contribution in [0, 0.1) is 11.8 Å². The molecule has 0 heterocycles. The van der Waals surface area contributed by atoms with E-state index in [0.29, 0.717) is 31.2 Å². The molecule has 3 heteroatoms. The number of rotatable bonds is 10. The van der Waals surface area contributed by atoms with Gasteiger partial charge >= 0.3 is 0 Å². The van der Waals surface area contributed by atoms with Crippen LogP contribution >= 0.6 is 0 Å². The molecule has 2 N–H and O–H groups in total. The molecule has 0 aromatic carbocycles. The lowest BCUT2D eigenvalue weighted by Gasteiger charge is -2.31. The summed E-state index contributed by atoms with van der Waals surface area (Å²) in [6, 6.07) is 0.465. The van der Waals surface area contributed by atoms with E-state index in [1.165, 1.54) is 44.9 Å². The molecule has 5 atom stereocenters. The summed E-state index contributed by atoms with van der Waals surface area (Å²) in [6.45, 7) is 10.1. The number of aliphatic hydroxyl groups is 1. The van der Waals surface area contributed by atoms with Crippen molar-refractivity contribution in [2.24, 2.45) is 11.8 Å². The molecule has 0 aromatic rings. The Morgan fingerprint density at radius 1 is 1.19 bits per heavy atom. The van der Waals surface area contributed by atoms with Crippen LogP contribution in [0.2, 0.25) is 0 Å². The summed E-state index contributed by atoms with van der Waals surface area (Å²) < 4.78 is 5.99. The number of nitrogens with one attached hydrogen (secondary N) is 1. The monoisotopic (exact) mass is 299 g/mol. The van der Waals surface area contributed by atoms with Crippen molar-refractivity contribution in [1.82, 2.24) is 5.32 Å². The average molecular weight is 299 g/mol. The Bertz CT molecular complexity index is 260. The minimum atomic E-state index is -0.385.